The molecule has 20 heavy (non-hydrogen) atoms. The van der Waals surface area contributed by atoms with Gasteiger partial charge >= 0.3 is 6.03 Å². The van der Waals surface area contributed by atoms with Gasteiger partial charge in [-0.15, -0.1) is 0 Å². The number of rotatable bonds is 4. The Balaban J connectivity index is 1.76. The summed E-state index contributed by atoms with van der Waals surface area (Å²) < 4.78 is 0.483. The van der Waals surface area contributed by atoms with Gasteiger partial charge in [0, 0.05) is 15.5 Å². The predicted octanol–water partition coefficient (Wildman–Crippen LogP) is 2.91. The molecule has 2 atom stereocenters. The molecule has 0 aromatic heterocycles. The molecule has 0 spiro atoms. The lowest BCUT2D eigenvalue weighted by molar-refractivity contribution is 0.0992. The molecule has 0 bridgehead atoms. The zero-order valence-corrected chi connectivity index (χ0v) is 13.4. The first-order valence-electron chi connectivity index (χ1n) is 6.93. The maximum atomic E-state index is 11.9. The first-order valence-corrected chi connectivity index (χ1v) is 8.18. The zero-order valence-electron chi connectivity index (χ0n) is 11.3. The summed E-state index contributed by atoms with van der Waals surface area (Å²) in [7, 11) is 0. The molecule has 4 nitrogen and oxygen atoms in total. The number of carbonyl (C=O) groups is 2. The lowest BCUT2D eigenvalue weighted by Crippen LogP contribution is -2.48. The maximum Gasteiger partial charge on any atom is 0.315 e. The number of Topliss-reactive ketones (excluding diaryl/α,β-unsaturated/α-hetero) is 1. The summed E-state index contributed by atoms with van der Waals surface area (Å²) >= 11 is 2.39. The van der Waals surface area contributed by atoms with E-state index < -0.39 is 0 Å². The Morgan fingerprint density at radius 1 is 1.15 bits per heavy atom. The number of urea groups is 1. The van der Waals surface area contributed by atoms with Crippen molar-refractivity contribution >= 4 is 34.4 Å². The molecule has 0 radical (unpaired) electrons. The minimum absolute atomic E-state index is 0.0362. The molecule has 1 aromatic carbocycles. The fourth-order valence-electron chi connectivity index (χ4n) is 2.35. The summed E-state index contributed by atoms with van der Waals surface area (Å²) in [4.78, 5) is 23.7. The topological polar surface area (TPSA) is 58.2 Å². The van der Waals surface area contributed by atoms with Crippen molar-refractivity contribution in [3.63, 3.8) is 0 Å². The molecule has 1 aliphatic carbocycles. The van der Waals surface area contributed by atoms with Crippen molar-refractivity contribution in [2.75, 3.05) is 6.54 Å². The number of hydrogen-bond donors (Lipinski definition) is 2. The van der Waals surface area contributed by atoms with Gasteiger partial charge in [-0.1, -0.05) is 65.8 Å². The highest BCUT2D eigenvalue weighted by Crippen LogP contribution is 2.24. The van der Waals surface area contributed by atoms with Crippen molar-refractivity contribution in [2.45, 2.75) is 35.6 Å². The number of amides is 2. The smallest absolute Gasteiger partial charge is 0.315 e. The van der Waals surface area contributed by atoms with Crippen LogP contribution in [0.25, 0.3) is 0 Å². The van der Waals surface area contributed by atoms with E-state index in [2.05, 4.69) is 33.2 Å². The van der Waals surface area contributed by atoms with Gasteiger partial charge in [-0.25, -0.2) is 4.79 Å². The average Bonchev–Trinajstić information content (AvgIpc) is 2.48. The Morgan fingerprint density at radius 3 is 2.55 bits per heavy atom. The molecular formula is C15H19IN2O2. The highest BCUT2D eigenvalue weighted by Gasteiger charge is 2.24. The van der Waals surface area contributed by atoms with Gasteiger partial charge in [-0.2, -0.15) is 0 Å². The molecule has 2 amide bonds. The summed E-state index contributed by atoms with van der Waals surface area (Å²) in [6.45, 7) is 0.0362. The van der Waals surface area contributed by atoms with Gasteiger partial charge in [0.25, 0.3) is 0 Å². The number of ketones is 1. The molecule has 1 saturated carbocycles. The molecule has 0 heterocycles. The average molecular weight is 386 g/mol. The number of hydrogen-bond acceptors (Lipinski definition) is 2. The first-order chi connectivity index (χ1) is 9.66. The molecule has 1 aliphatic rings. The lowest BCUT2D eigenvalue weighted by Gasteiger charge is -2.28. The van der Waals surface area contributed by atoms with E-state index in [1.807, 2.05) is 18.2 Å². The van der Waals surface area contributed by atoms with E-state index in [-0.39, 0.29) is 24.4 Å². The molecule has 0 saturated heterocycles. The van der Waals surface area contributed by atoms with Crippen LogP contribution in [0.5, 0.6) is 0 Å². The van der Waals surface area contributed by atoms with E-state index in [4.69, 9.17) is 0 Å². The predicted molar refractivity (Wildman–Crippen MR) is 87.4 cm³/mol. The van der Waals surface area contributed by atoms with Crippen LogP contribution in [0.2, 0.25) is 0 Å². The van der Waals surface area contributed by atoms with Gasteiger partial charge in [-0.05, 0) is 12.8 Å². The minimum Gasteiger partial charge on any atom is -0.334 e. The summed E-state index contributed by atoms with van der Waals surface area (Å²) in [5.74, 6) is -0.0737. The third kappa shape index (κ3) is 4.47. The zero-order chi connectivity index (χ0) is 14.4. The van der Waals surface area contributed by atoms with Crippen LogP contribution in [0, 0.1) is 0 Å². The standard InChI is InChI=1S/C15H19IN2O2/c16-12-8-4-5-9-13(12)18-15(20)17-10-14(19)11-6-2-1-3-7-11/h1-3,6-7,12-13H,4-5,8-10H2,(H2,17,18,20)/t12-,13-/m0/s1. The quantitative estimate of drug-likeness (QED) is 0.475. The van der Waals surface area contributed by atoms with E-state index in [0.717, 1.165) is 19.3 Å². The number of carbonyl (C=O) groups excluding carboxylic acids is 2. The lowest BCUT2D eigenvalue weighted by atomic mass is 9.95. The monoisotopic (exact) mass is 386 g/mol. The molecular weight excluding hydrogens is 367 g/mol. The van der Waals surface area contributed by atoms with Crippen molar-refractivity contribution in [1.82, 2.24) is 10.6 Å². The molecule has 0 aliphatic heterocycles. The van der Waals surface area contributed by atoms with Gasteiger partial charge in [0.2, 0.25) is 0 Å². The second kappa shape index (κ2) is 7.61. The Hall–Kier alpha value is -1.11. The summed E-state index contributed by atoms with van der Waals surface area (Å²) in [6.07, 6.45) is 4.56. The van der Waals surface area contributed by atoms with Crippen LogP contribution >= 0.6 is 22.6 Å². The molecule has 1 fully saturated rings. The molecule has 2 rings (SSSR count). The van der Waals surface area contributed by atoms with Gasteiger partial charge in [-0.3, -0.25) is 4.79 Å². The number of halogens is 1. The Kier molecular flexibility index (Phi) is 5.82. The highest BCUT2D eigenvalue weighted by molar-refractivity contribution is 14.1. The number of alkyl halides is 1. The highest BCUT2D eigenvalue weighted by atomic mass is 127. The summed E-state index contributed by atoms with van der Waals surface area (Å²) in [5.41, 5.74) is 0.622. The molecule has 2 N–H and O–H groups in total. The largest absolute Gasteiger partial charge is 0.334 e. The maximum absolute atomic E-state index is 11.9. The van der Waals surface area contributed by atoms with E-state index in [1.54, 1.807) is 12.1 Å². The van der Waals surface area contributed by atoms with Gasteiger partial charge in [0.05, 0.1) is 6.54 Å². The summed E-state index contributed by atoms with van der Waals surface area (Å²) in [6, 6.07) is 8.97. The van der Waals surface area contributed by atoms with E-state index >= 15 is 0 Å². The van der Waals surface area contributed by atoms with E-state index in [1.165, 1.54) is 6.42 Å². The first kappa shape index (κ1) is 15.3. The van der Waals surface area contributed by atoms with Crippen molar-refractivity contribution in [3.05, 3.63) is 35.9 Å². The van der Waals surface area contributed by atoms with Crippen molar-refractivity contribution in [2.24, 2.45) is 0 Å². The van der Waals surface area contributed by atoms with Gasteiger partial charge < -0.3 is 10.6 Å². The van der Waals surface area contributed by atoms with Crippen LogP contribution in [0.3, 0.4) is 0 Å². The van der Waals surface area contributed by atoms with Crippen molar-refractivity contribution in [1.29, 1.82) is 0 Å². The molecule has 5 heteroatoms. The van der Waals surface area contributed by atoms with Crippen LogP contribution in [0.1, 0.15) is 36.0 Å². The molecule has 108 valence electrons. The van der Waals surface area contributed by atoms with Gasteiger partial charge in [0.15, 0.2) is 5.78 Å². The Morgan fingerprint density at radius 2 is 1.85 bits per heavy atom. The fourth-order valence-corrected chi connectivity index (χ4v) is 3.33. The van der Waals surface area contributed by atoms with Crippen LogP contribution in [0.4, 0.5) is 4.79 Å². The van der Waals surface area contributed by atoms with Crippen LogP contribution < -0.4 is 10.6 Å². The normalized spacial score (nSPS) is 22.1. The van der Waals surface area contributed by atoms with Crippen LogP contribution in [-0.4, -0.2) is 28.3 Å². The Labute approximate surface area is 132 Å². The third-order valence-corrected chi connectivity index (χ3v) is 4.99. The second-order valence-corrected chi connectivity index (χ2v) is 6.62. The second-order valence-electron chi connectivity index (χ2n) is 5.02. The SMILES string of the molecule is O=C(NCC(=O)c1ccccc1)N[C@H]1CCCC[C@@H]1I. The fraction of sp³-hybridized carbons (Fsp3) is 0.467. The number of nitrogens with one attached hydrogen (secondary N) is 2. The van der Waals surface area contributed by atoms with E-state index in [9.17, 15) is 9.59 Å². The number of benzene rings is 1. The molecule has 1 aromatic rings. The molecule has 0 unspecified atom stereocenters. The van der Waals surface area contributed by atoms with Crippen LogP contribution in [0.15, 0.2) is 30.3 Å². The van der Waals surface area contributed by atoms with E-state index in [0.29, 0.717) is 9.49 Å². The summed E-state index contributed by atoms with van der Waals surface area (Å²) in [5, 5.41) is 5.61. The van der Waals surface area contributed by atoms with Crippen LogP contribution in [-0.2, 0) is 0 Å². The van der Waals surface area contributed by atoms with Crippen molar-refractivity contribution in [3.8, 4) is 0 Å². The van der Waals surface area contributed by atoms with Gasteiger partial charge in [0.1, 0.15) is 0 Å². The minimum atomic E-state index is -0.247. The Bertz CT molecular complexity index is 464. The van der Waals surface area contributed by atoms with Crippen molar-refractivity contribution < 1.29 is 9.59 Å². The third-order valence-electron chi connectivity index (χ3n) is 3.50.